The molecule has 2 fully saturated rings. The smallest absolute Gasteiger partial charge is 0.416 e. The lowest BCUT2D eigenvalue weighted by molar-refractivity contribution is -0.137. The zero-order chi connectivity index (χ0) is 25.5. The van der Waals surface area contributed by atoms with Crippen LogP contribution in [0, 0.1) is 5.41 Å². The van der Waals surface area contributed by atoms with Crippen molar-refractivity contribution < 1.29 is 27.4 Å². The highest BCUT2D eigenvalue weighted by Crippen LogP contribution is 2.41. The summed E-state index contributed by atoms with van der Waals surface area (Å²) < 4.78 is 49.6. The summed E-state index contributed by atoms with van der Waals surface area (Å²) in [5.41, 5.74) is 1.45. The number of benzene rings is 2. The quantitative estimate of drug-likeness (QED) is 0.433. The van der Waals surface area contributed by atoms with E-state index in [0.29, 0.717) is 31.1 Å². The summed E-state index contributed by atoms with van der Waals surface area (Å²) in [7, 11) is 1.67. The number of hydrogen-bond donors (Lipinski definition) is 2. The van der Waals surface area contributed by atoms with Crippen LogP contribution in [0.15, 0.2) is 48.7 Å². The molecule has 2 heterocycles. The fourth-order valence-electron chi connectivity index (χ4n) is 5.08. The van der Waals surface area contributed by atoms with Crippen LogP contribution in [0.1, 0.15) is 36.8 Å². The van der Waals surface area contributed by atoms with E-state index in [1.807, 2.05) is 25.1 Å². The van der Waals surface area contributed by atoms with E-state index >= 15 is 0 Å². The van der Waals surface area contributed by atoms with Gasteiger partial charge < -0.3 is 19.8 Å². The van der Waals surface area contributed by atoms with Crippen molar-refractivity contribution in [1.82, 2.24) is 9.88 Å². The van der Waals surface area contributed by atoms with Gasteiger partial charge in [-0.1, -0.05) is 12.1 Å². The highest BCUT2D eigenvalue weighted by atomic mass is 19.4. The number of likely N-dealkylation sites (tertiary alicyclic amines) is 1. The fourth-order valence-corrected chi connectivity index (χ4v) is 5.08. The van der Waals surface area contributed by atoms with Crippen molar-refractivity contribution in [2.24, 2.45) is 5.41 Å². The Labute approximate surface area is 207 Å². The van der Waals surface area contributed by atoms with Crippen LogP contribution in [0.5, 0.6) is 5.75 Å². The Kier molecular flexibility index (Phi) is 6.46. The number of carbonyl (C=O) groups is 1. The number of halogens is 3. The maximum Gasteiger partial charge on any atom is 0.416 e. The first kappa shape index (κ1) is 24.6. The Bertz CT molecular complexity index is 1230. The topological polar surface area (TPSA) is 66.6 Å². The van der Waals surface area contributed by atoms with Gasteiger partial charge in [0, 0.05) is 43.8 Å². The molecule has 1 amide bonds. The first-order chi connectivity index (χ1) is 17.1. The summed E-state index contributed by atoms with van der Waals surface area (Å²) in [4.78, 5) is 18.4. The van der Waals surface area contributed by atoms with Crippen LogP contribution in [-0.2, 0) is 15.7 Å². The maximum atomic E-state index is 13.0. The zero-order valence-corrected chi connectivity index (χ0v) is 20.3. The minimum Gasteiger partial charge on any atom is -0.490 e. The Hall–Kier alpha value is -3.04. The fraction of sp³-hybridized carbons (Fsp3) is 0.444. The number of amides is 1. The number of nitrogens with one attached hydrogen (secondary N) is 2. The molecule has 192 valence electrons. The lowest BCUT2D eigenvalue weighted by atomic mass is 9.77. The molecule has 1 aromatic heterocycles. The molecule has 0 atom stereocenters. The Balaban J connectivity index is 1.18. The van der Waals surface area contributed by atoms with Gasteiger partial charge in [0.05, 0.1) is 29.4 Å². The van der Waals surface area contributed by atoms with Gasteiger partial charge in [0.2, 0.25) is 5.91 Å². The van der Waals surface area contributed by atoms with Crippen molar-refractivity contribution in [1.29, 1.82) is 0 Å². The monoisotopic (exact) mass is 501 g/mol. The molecule has 1 saturated carbocycles. The van der Waals surface area contributed by atoms with Crippen molar-refractivity contribution in [2.75, 3.05) is 38.7 Å². The molecule has 0 radical (unpaired) electrons. The third-order valence-corrected chi connectivity index (χ3v) is 7.31. The van der Waals surface area contributed by atoms with Crippen molar-refractivity contribution in [2.45, 2.75) is 38.0 Å². The molecular weight excluding hydrogens is 471 g/mol. The minimum absolute atomic E-state index is 0.00121. The van der Waals surface area contributed by atoms with Gasteiger partial charge in [0.15, 0.2) is 0 Å². The van der Waals surface area contributed by atoms with Gasteiger partial charge in [-0.25, -0.2) is 0 Å². The van der Waals surface area contributed by atoms with E-state index in [2.05, 4.69) is 15.2 Å². The van der Waals surface area contributed by atoms with Crippen molar-refractivity contribution in [3.8, 4) is 5.75 Å². The van der Waals surface area contributed by atoms with Gasteiger partial charge in [-0.3, -0.25) is 9.69 Å². The number of alkyl halides is 3. The third kappa shape index (κ3) is 4.95. The number of aromatic amines is 1. The molecule has 5 rings (SSSR count). The predicted octanol–water partition coefficient (Wildman–Crippen LogP) is 5.42. The predicted molar refractivity (Wildman–Crippen MR) is 131 cm³/mol. The summed E-state index contributed by atoms with van der Waals surface area (Å²) in [5, 5.41) is 3.95. The van der Waals surface area contributed by atoms with Crippen molar-refractivity contribution in [3.05, 3.63) is 59.8 Å². The van der Waals surface area contributed by atoms with Gasteiger partial charge in [-0.05, 0) is 61.6 Å². The normalized spacial score (nSPS) is 21.6. The van der Waals surface area contributed by atoms with E-state index in [1.165, 1.54) is 0 Å². The first-order valence-electron chi connectivity index (χ1n) is 12.1. The molecule has 0 spiro atoms. The molecule has 0 bridgehead atoms. The van der Waals surface area contributed by atoms with E-state index in [4.69, 9.17) is 9.47 Å². The van der Waals surface area contributed by atoms with E-state index in [0.717, 1.165) is 48.0 Å². The van der Waals surface area contributed by atoms with Gasteiger partial charge in [-0.2, -0.15) is 13.2 Å². The van der Waals surface area contributed by atoms with Gasteiger partial charge in [0.25, 0.3) is 0 Å². The molecule has 9 heteroatoms. The lowest BCUT2D eigenvalue weighted by Gasteiger charge is -2.46. The lowest BCUT2D eigenvalue weighted by Crippen LogP contribution is -2.60. The van der Waals surface area contributed by atoms with Crippen molar-refractivity contribution >= 4 is 22.5 Å². The molecule has 2 aliphatic rings. The van der Waals surface area contributed by atoms with Crippen LogP contribution in [0.3, 0.4) is 0 Å². The number of nitrogens with zero attached hydrogens (tertiary/aromatic N) is 1. The van der Waals surface area contributed by atoms with Gasteiger partial charge in [-0.15, -0.1) is 0 Å². The second kappa shape index (κ2) is 9.44. The molecule has 1 saturated heterocycles. The summed E-state index contributed by atoms with van der Waals surface area (Å²) >= 11 is 0. The molecule has 36 heavy (non-hydrogen) atoms. The van der Waals surface area contributed by atoms with E-state index < -0.39 is 17.2 Å². The van der Waals surface area contributed by atoms with Crippen LogP contribution in [0.25, 0.3) is 10.9 Å². The van der Waals surface area contributed by atoms with Crippen LogP contribution < -0.4 is 10.1 Å². The molecule has 1 aliphatic heterocycles. The third-order valence-electron chi connectivity index (χ3n) is 7.31. The van der Waals surface area contributed by atoms with Crippen LogP contribution in [0.2, 0.25) is 0 Å². The molecule has 6 nitrogen and oxygen atoms in total. The number of ether oxygens (including phenoxy) is 2. The first-order valence-corrected chi connectivity index (χ1v) is 12.1. The number of H-pyrrole nitrogens is 1. The minimum atomic E-state index is -4.32. The summed E-state index contributed by atoms with van der Waals surface area (Å²) in [5.74, 6) is 0.880. The number of rotatable bonds is 8. The highest BCUT2D eigenvalue weighted by molar-refractivity contribution is 6.04. The Morgan fingerprint density at radius 1 is 1.17 bits per heavy atom. The van der Waals surface area contributed by atoms with Crippen molar-refractivity contribution in [3.63, 3.8) is 0 Å². The Morgan fingerprint density at radius 2 is 1.89 bits per heavy atom. The van der Waals surface area contributed by atoms with Crippen LogP contribution >= 0.6 is 0 Å². The van der Waals surface area contributed by atoms with E-state index in [-0.39, 0.29) is 17.9 Å². The summed E-state index contributed by atoms with van der Waals surface area (Å²) in [6.07, 6.45) is -1.03. The van der Waals surface area contributed by atoms with Gasteiger partial charge in [0.1, 0.15) is 5.75 Å². The standard InChI is InChI=1S/C27H30F3N3O3/c1-26(15-33(16-26)9-10-35-2)25(34)32-24-14-31-23-8-7-20(13-22(23)24)36-21-11-18(12-21)17-3-5-19(6-4-17)27(28,29)30/h3-8,13-14,18,21,31H,9-12,15-16H2,1-2H3,(H,32,34). The number of carbonyl (C=O) groups excluding carboxylic acids is 1. The number of methoxy groups -OCH3 is 1. The molecule has 0 unspecified atom stereocenters. The second-order valence-electron chi connectivity index (χ2n) is 10.2. The number of hydrogen-bond acceptors (Lipinski definition) is 4. The average molecular weight is 502 g/mol. The Morgan fingerprint density at radius 3 is 2.56 bits per heavy atom. The summed E-state index contributed by atoms with van der Waals surface area (Å²) in [6, 6.07) is 11.1. The summed E-state index contributed by atoms with van der Waals surface area (Å²) in [6.45, 7) is 4.82. The maximum absolute atomic E-state index is 13.0. The van der Waals surface area contributed by atoms with E-state index in [9.17, 15) is 18.0 Å². The van der Waals surface area contributed by atoms with Crippen LogP contribution in [0.4, 0.5) is 18.9 Å². The number of anilines is 1. The SMILES string of the molecule is COCCN1CC(C)(C(=O)Nc2c[nH]c3ccc(OC4CC(c5ccc(C(F)(F)F)cc5)C4)cc23)C1. The average Bonchev–Trinajstić information content (AvgIpc) is 3.19. The highest BCUT2D eigenvalue weighted by Gasteiger charge is 2.44. The molecular formula is C27H30F3N3O3. The number of fused-ring (bicyclic) bond motifs is 1. The number of aromatic nitrogens is 1. The zero-order valence-electron chi connectivity index (χ0n) is 20.3. The molecule has 3 aromatic rings. The van der Waals surface area contributed by atoms with Gasteiger partial charge >= 0.3 is 6.18 Å². The largest absolute Gasteiger partial charge is 0.490 e. The second-order valence-corrected chi connectivity index (χ2v) is 10.2. The molecule has 2 aromatic carbocycles. The molecule has 2 N–H and O–H groups in total. The van der Waals surface area contributed by atoms with E-state index in [1.54, 1.807) is 25.4 Å². The van der Waals surface area contributed by atoms with Crippen LogP contribution in [-0.4, -0.2) is 55.2 Å². The molecule has 1 aliphatic carbocycles.